The topological polar surface area (TPSA) is 41.1 Å². The van der Waals surface area contributed by atoms with Crippen molar-refractivity contribution in [1.82, 2.24) is 10.6 Å². The highest BCUT2D eigenvalue weighted by Crippen LogP contribution is 2.19. The molecule has 0 aromatic carbocycles. The molecule has 0 aliphatic heterocycles. The molecule has 0 atom stereocenters. The van der Waals surface area contributed by atoms with Crippen LogP contribution < -0.4 is 10.6 Å². The zero-order valence-corrected chi connectivity index (χ0v) is 10.2. The summed E-state index contributed by atoms with van der Waals surface area (Å²) in [4.78, 5) is 11.6. The molecule has 15 heavy (non-hydrogen) atoms. The summed E-state index contributed by atoms with van der Waals surface area (Å²) in [7, 11) is 1.70. The van der Waals surface area contributed by atoms with Crippen molar-refractivity contribution in [2.45, 2.75) is 52.0 Å². The Morgan fingerprint density at radius 3 is 2.40 bits per heavy atom. The highest BCUT2D eigenvalue weighted by Gasteiger charge is 2.27. The van der Waals surface area contributed by atoms with E-state index in [1.165, 1.54) is 32.1 Å². The molecule has 0 bridgehead atoms. The van der Waals surface area contributed by atoms with Crippen LogP contribution in [-0.2, 0) is 4.79 Å². The van der Waals surface area contributed by atoms with Crippen molar-refractivity contribution in [3.05, 3.63) is 0 Å². The maximum Gasteiger partial charge on any atom is 0.226 e. The second kappa shape index (κ2) is 5.50. The van der Waals surface area contributed by atoms with Crippen LogP contribution >= 0.6 is 0 Å². The Bertz CT molecular complexity index is 208. The second-order valence-corrected chi connectivity index (χ2v) is 5.18. The van der Waals surface area contributed by atoms with Crippen LogP contribution in [-0.4, -0.2) is 25.5 Å². The fourth-order valence-corrected chi connectivity index (χ4v) is 2.12. The van der Waals surface area contributed by atoms with E-state index in [0.29, 0.717) is 6.04 Å². The van der Waals surface area contributed by atoms with Gasteiger partial charge in [-0.1, -0.05) is 19.3 Å². The SMILES string of the molecule is CNC(=O)C(C)(C)CNC1CCCCC1. The van der Waals surface area contributed by atoms with E-state index in [4.69, 9.17) is 0 Å². The van der Waals surface area contributed by atoms with Gasteiger partial charge in [-0.15, -0.1) is 0 Å². The minimum absolute atomic E-state index is 0.116. The van der Waals surface area contributed by atoms with E-state index in [1.54, 1.807) is 7.05 Å². The third-order valence-electron chi connectivity index (χ3n) is 3.28. The van der Waals surface area contributed by atoms with Crippen molar-refractivity contribution in [1.29, 1.82) is 0 Å². The van der Waals surface area contributed by atoms with Gasteiger partial charge in [0.2, 0.25) is 5.91 Å². The Balaban J connectivity index is 2.31. The summed E-state index contributed by atoms with van der Waals surface area (Å²) >= 11 is 0. The van der Waals surface area contributed by atoms with Crippen LogP contribution in [0.1, 0.15) is 46.0 Å². The molecule has 1 saturated carbocycles. The Hall–Kier alpha value is -0.570. The number of carbonyl (C=O) groups excluding carboxylic acids is 1. The number of nitrogens with one attached hydrogen (secondary N) is 2. The Labute approximate surface area is 93.0 Å². The number of carbonyl (C=O) groups is 1. The molecule has 0 heterocycles. The molecule has 0 aromatic heterocycles. The molecule has 1 rings (SSSR count). The van der Waals surface area contributed by atoms with E-state index < -0.39 is 0 Å². The lowest BCUT2D eigenvalue weighted by atomic mass is 9.90. The molecule has 1 aliphatic carbocycles. The lowest BCUT2D eigenvalue weighted by Gasteiger charge is -2.28. The molecule has 3 nitrogen and oxygen atoms in total. The first-order valence-corrected chi connectivity index (χ1v) is 6.02. The van der Waals surface area contributed by atoms with Crippen LogP contribution in [0.4, 0.5) is 0 Å². The summed E-state index contributed by atoms with van der Waals surface area (Å²) in [5.74, 6) is 0.116. The number of hydrogen-bond donors (Lipinski definition) is 2. The summed E-state index contributed by atoms with van der Waals surface area (Å²) in [6.07, 6.45) is 6.57. The molecule has 88 valence electrons. The van der Waals surface area contributed by atoms with E-state index >= 15 is 0 Å². The maximum absolute atomic E-state index is 11.6. The number of hydrogen-bond acceptors (Lipinski definition) is 2. The minimum atomic E-state index is -0.299. The van der Waals surface area contributed by atoms with Crippen molar-refractivity contribution in [3.63, 3.8) is 0 Å². The molecule has 0 radical (unpaired) electrons. The van der Waals surface area contributed by atoms with E-state index in [0.717, 1.165) is 6.54 Å². The van der Waals surface area contributed by atoms with Crippen LogP contribution in [0.5, 0.6) is 0 Å². The fourth-order valence-electron chi connectivity index (χ4n) is 2.12. The normalized spacial score (nSPS) is 18.9. The first kappa shape index (κ1) is 12.5. The third-order valence-corrected chi connectivity index (χ3v) is 3.28. The quantitative estimate of drug-likeness (QED) is 0.744. The zero-order valence-electron chi connectivity index (χ0n) is 10.2. The molecule has 0 saturated heterocycles. The average molecular weight is 212 g/mol. The van der Waals surface area contributed by atoms with Gasteiger partial charge in [-0.2, -0.15) is 0 Å². The highest BCUT2D eigenvalue weighted by molar-refractivity contribution is 5.81. The van der Waals surface area contributed by atoms with Crippen molar-refractivity contribution >= 4 is 5.91 Å². The van der Waals surface area contributed by atoms with Gasteiger partial charge in [0.05, 0.1) is 5.41 Å². The second-order valence-electron chi connectivity index (χ2n) is 5.18. The van der Waals surface area contributed by atoms with Crippen LogP contribution in [0, 0.1) is 5.41 Å². The molecule has 0 unspecified atom stereocenters. The van der Waals surface area contributed by atoms with Gasteiger partial charge in [0.15, 0.2) is 0 Å². The van der Waals surface area contributed by atoms with Crippen LogP contribution in [0.3, 0.4) is 0 Å². The Kier molecular flexibility index (Phi) is 4.58. The largest absolute Gasteiger partial charge is 0.359 e. The lowest BCUT2D eigenvalue weighted by Crippen LogP contribution is -2.45. The summed E-state index contributed by atoms with van der Waals surface area (Å²) in [5.41, 5.74) is -0.299. The van der Waals surface area contributed by atoms with Gasteiger partial charge in [-0.25, -0.2) is 0 Å². The van der Waals surface area contributed by atoms with E-state index in [1.807, 2.05) is 13.8 Å². The Morgan fingerprint density at radius 2 is 1.87 bits per heavy atom. The third kappa shape index (κ3) is 3.82. The summed E-state index contributed by atoms with van der Waals surface area (Å²) < 4.78 is 0. The van der Waals surface area contributed by atoms with Gasteiger partial charge in [-0.3, -0.25) is 4.79 Å². The number of rotatable bonds is 4. The van der Waals surface area contributed by atoms with Gasteiger partial charge < -0.3 is 10.6 Å². The van der Waals surface area contributed by atoms with Gasteiger partial charge in [0.25, 0.3) is 0 Å². The van der Waals surface area contributed by atoms with Crippen LogP contribution in [0.2, 0.25) is 0 Å². The van der Waals surface area contributed by atoms with Crippen molar-refractivity contribution in [2.24, 2.45) is 5.41 Å². The first-order chi connectivity index (χ1) is 7.06. The molecule has 1 fully saturated rings. The summed E-state index contributed by atoms with van der Waals surface area (Å²) in [6.45, 7) is 4.75. The van der Waals surface area contributed by atoms with E-state index in [-0.39, 0.29) is 11.3 Å². The van der Waals surface area contributed by atoms with Crippen molar-refractivity contribution in [2.75, 3.05) is 13.6 Å². The fraction of sp³-hybridized carbons (Fsp3) is 0.917. The predicted octanol–water partition coefficient (Wildman–Crippen LogP) is 1.68. The monoisotopic (exact) mass is 212 g/mol. The smallest absolute Gasteiger partial charge is 0.226 e. The first-order valence-electron chi connectivity index (χ1n) is 6.02. The number of amides is 1. The standard InChI is InChI=1S/C12H24N2O/c1-12(2,11(15)13-3)9-14-10-7-5-4-6-8-10/h10,14H,4-9H2,1-3H3,(H,13,15). The molecule has 0 aromatic rings. The molecule has 2 N–H and O–H groups in total. The van der Waals surface area contributed by atoms with Gasteiger partial charge in [0, 0.05) is 19.6 Å². The van der Waals surface area contributed by atoms with E-state index in [2.05, 4.69) is 10.6 Å². The average Bonchev–Trinajstić information content (AvgIpc) is 2.27. The Morgan fingerprint density at radius 1 is 1.27 bits per heavy atom. The molecule has 0 spiro atoms. The predicted molar refractivity (Wildman–Crippen MR) is 62.7 cm³/mol. The summed E-state index contributed by atoms with van der Waals surface area (Å²) in [6, 6.07) is 0.627. The van der Waals surface area contributed by atoms with Gasteiger partial charge in [-0.05, 0) is 26.7 Å². The zero-order chi connectivity index (χ0) is 11.3. The molecular formula is C12H24N2O. The van der Waals surface area contributed by atoms with Gasteiger partial charge in [0.1, 0.15) is 0 Å². The van der Waals surface area contributed by atoms with E-state index in [9.17, 15) is 4.79 Å². The van der Waals surface area contributed by atoms with Crippen LogP contribution in [0.15, 0.2) is 0 Å². The molecule has 1 aliphatic rings. The lowest BCUT2D eigenvalue weighted by molar-refractivity contribution is -0.128. The molecule has 1 amide bonds. The van der Waals surface area contributed by atoms with Crippen molar-refractivity contribution < 1.29 is 4.79 Å². The van der Waals surface area contributed by atoms with Crippen LogP contribution in [0.25, 0.3) is 0 Å². The maximum atomic E-state index is 11.6. The molecular weight excluding hydrogens is 188 g/mol. The highest BCUT2D eigenvalue weighted by atomic mass is 16.2. The molecule has 3 heteroatoms. The summed E-state index contributed by atoms with van der Waals surface area (Å²) in [5, 5.41) is 6.23. The van der Waals surface area contributed by atoms with Crippen molar-refractivity contribution in [3.8, 4) is 0 Å². The van der Waals surface area contributed by atoms with Gasteiger partial charge >= 0.3 is 0 Å². The minimum Gasteiger partial charge on any atom is -0.359 e.